The second-order valence-corrected chi connectivity index (χ2v) is 17.2. The summed E-state index contributed by atoms with van der Waals surface area (Å²) in [5.74, 6) is 0.649. The van der Waals surface area contributed by atoms with Crippen molar-refractivity contribution in [3.63, 3.8) is 0 Å². The number of para-hydroxylation sites is 6. The van der Waals surface area contributed by atoms with Crippen LogP contribution in [0.3, 0.4) is 0 Å². The lowest BCUT2D eigenvalue weighted by Crippen LogP contribution is -2.04. The lowest BCUT2D eigenvalue weighted by Gasteiger charge is -2.13. The van der Waals surface area contributed by atoms with Gasteiger partial charge in [-0.15, -0.1) is 11.3 Å². The van der Waals surface area contributed by atoms with Crippen molar-refractivity contribution in [2.75, 3.05) is 0 Å². The fourth-order valence-electron chi connectivity index (χ4n) is 10.3. The average Bonchev–Trinajstić information content (AvgIpc) is 4.08. The minimum absolute atomic E-state index is 0.649. The van der Waals surface area contributed by atoms with Gasteiger partial charge in [-0.3, -0.25) is 4.57 Å². The summed E-state index contributed by atoms with van der Waals surface area (Å²) in [6.45, 7) is 0. The van der Waals surface area contributed by atoms with E-state index in [4.69, 9.17) is 9.97 Å². The number of thiophene rings is 1. The van der Waals surface area contributed by atoms with Crippen LogP contribution in [-0.2, 0) is 0 Å². The number of benzene rings is 9. The van der Waals surface area contributed by atoms with Crippen molar-refractivity contribution in [2.45, 2.75) is 0 Å². The van der Waals surface area contributed by atoms with Crippen LogP contribution in [0.2, 0.25) is 0 Å². The molecule has 62 heavy (non-hydrogen) atoms. The maximum absolute atomic E-state index is 5.65. The molecule has 5 aromatic heterocycles. The summed E-state index contributed by atoms with van der Waals surface area (Å²) in [6, 6.07) is 72.1. The summed E-state index contributed by atoms with van der Waals surface area (Å²) >= 11 is 1.85. The van der Waals surface area contributed by atoms with Crippen LogP contribution >= 0.6 is 11.3 Å². The third-order valence-corrected chi connectivity index (χ3v) is 14.0. The van der Waals surface area contributed by atoms with E-state index in [9.17, 15) is 0 Å². The van der Waals surface area contributed by atoms with Gasteiger partial charge in [-0.05, 0) is 66.7 Å². The van der Waals surface area contributed by atoms with Crippen LogP contribution in [0.25, 0.3) is 125 Å². The number of aromatic nitrogens is 5. The van der Waals surface area contributed by atoms with Crippen LogP contribution in [0.15, 0.2) is 200 Å². The topological polar surface area (TPSA) is 40.6 Å². The molecule has 0 N–H and O–H groups in total. The largest absolute Gasteiger partial charge is 0.309 e. The fraction of sp³-hybridized carbons (Fsp3) is 0. The highest BCUT2D eigenvalue weighted by Crippen LogP contribution is 2.48. The molecule has 5 nitrogen and oxygen atoms in total. The van der Waals surface area contributed by atoms with Crippen molar-refractivity contribution in [3.05, 3.63) is 200 Å². The molecule has 14 rings (SSSR count). The standard InChI is InChI=1S/C56H33N5S/c1-3-15-35(16-4-1)59-45-24-12-8-19-37(45)40-28-27-34(33-48(40)59)53-43-22-7-11-23-44(43)57-56(58-53)61-47-26-14-10-21-39(47)42-30-32-50-52(55(42)61)51-49(62-50)31-29-41-38-20-9-13-25-46(38)60(54(41)51)36-17-5-2-6-18-36/h1-33H. The van der Waals surface area contributed by atoms with E-state index in [1.807, 2.05) is 11.3 Å². The van der Waals surface area contributed by atoms with Crippen LogP contribution in [-0.4, -0.2) is 23.7 Å². The van der Waals surface area contributed by atoms with Crippen LogP contribution in [0.4, 0.5) is 0 Å². The number of hydrogen-bond acceptors (Lipinski definition) is 3. The maximum atomic E-state index is 5.65. The summed E-state index contributed by atoms with van der Waals surface area (Å²) in [5.41, 5.74) is 12.0. The van der Waals surface area contributed by atoms with Crippen molar-refractivity contribution in [1.29, 1.82) is 0 Å². The quantitative estimate of drug-likeness (QED) is 0.178. The Morgan fingerprint density at radius 3 is 1.45 bits per heavy atom. The molecule has 6 heteroatoms. The SMILES string of the molecule is c1ccc(-n2c3ccccc3c3ccc(-c4nc(-n5c6ccccc6c6ccc7sc8ccc9c%10ccccc%10n(-c%10ccccc%10)c9c8c7c65)nc5ccccc45)cc32)cc1. The molecule has 9 aromatic carbocycles. The molecule has 0 aliphatic heterocycles. The Bertz CT molecular complexity index is 4150. The minimum Gasteiger partial charge on any atom is -0.309 e. The Morgan fingerprint density at radius 1 is 0.339 bits per heavy atom. The smallest absolute Gasteiger partial charge is 0.235 e. The summed E-state index contributed by atoms with van der Waals surface area (Å²) in [7, 11) is 0. The Labute approximate surface area is 358 Å². The van der Waals surface area contributed by atoms with Gasteiger partial charge in [-0.1, -0.05) is 133 Å². The molecule has 0 amide bonds. The highest BCUT2D eigenvalue weighted by atomic mass is 32.1. The summed E-state index contributed by atoms with van der Waals surface area (Å²) in [5, 5.41) is 10.7. The first kappa shape index (κ1) is 33.7. The van der Waals surface area contributed by atoms with Gasteiger partial charge < -0.3 is 9.13 Å². The molecule has 5 heterocycles. The van der Waals surface area contributed by atoms with Gasteiger partial charge >= 0.3 is 0 Å². The van der Waals surface area contributed by atoms with E-state index < -0.39 is 0 Å². The molecule has 0 aliphatic rings. The van der Waals surface area contributed by atoms with Crippen LogP contribution < -0.4 is 0 Å². The first-order valence-corrected chi connectivity index (χ1v) is 21.8. The highest BCUT2D eigenvalue weighted by molar-refractivity contribution is 7.26. The Morgan fingerprint density at radius 2 is 0.806 bits per heavy atom. The minimum atomic E-state index is 0.649. The molecule has 0 bridgehead atoms. The molecule has 0 unspecified atom stereocenters. The van der Waals surface area contributed by atoms with E-state index in [1.165, 1.54) is 69.0 Å². The van der Waals surface area contributed by atoms with Crippen LogP contribution in [0.5, 0.6) is 0 Å². The second kappa shape index (κ2) is 12.7. The molecular formula is C56H33N5S. The zero-order valence-corrected chi connectivity index (χ0v) is 34.0. The molecule has 14 aromatic rings. The number of fused-ring (bicyclic) bond motifs is 15. The van der Waals surface area contributed by atoms with Gasteiger partial charge in [0.25, 0.3) is 0 Å². The van der Waals surface area contributed by atoms with Crippen molar-refractivity contribution in [2.24, 2.45) is 0 Å². The van der Waals surface area contributed by atoms with Gasteiger partial charge in [-0.25, -0.2) is 9.97 Å². The number of hydrogen-bond donors (Lipinski definition) is 0. The first-order chi connectivity index (χ1) is 30.8. The third kappa shape index (κ3) is 4.61. The van der Waals surface area contributed by atoms with Gasteiger partial charge in [-0.2, -0.15) is 0 Å². The molecule has 0 saturated heterocycles. The molecular weight excluding hydrogens is 775 g/mol. The molecule has 0 aliphatic carbocycles. The predicted octanol–water partition coefficient (Wildman–Crippen LogP) is 15.0. The highest BCUT2D eigenvalue weighted by Gasteiger charge is 2.24. The van der Waals surface area contributed by atoms with E-state index in [2.05, 4.69) is 214 Å². The average molecular weight is 808 g/mol. The van der Waals surface area contributed by atoms with Crippen molar-refractivity contribution >= 4 is 108 Å². The Kier molecular flexibility index (Phi) is 6.92. The molecule has 0 saturated carbocycles. The van der Waals surface area contributed by atoms with E-state index in [0.717, 1.165) is 50.1 Å². The van der Waals surface area contributed by atoms with Crippen LogP contribution in [0.1, 0.15) is 0 Å². The van der Waals surface area contributed by atoms with Gasteiger partial charge in [0.2, 0.25) is 5.95 Å². The second-order valence-electron chi connectivity index (χ2n) is 16.1. The van der Waals surface area contributed by atoms with Crippen molar-refractivity contribution in [3.8, 4) is 28.6 Å². The summed E-state index contributed by atoms with van der Waals surface area (Å²) < 4.78 is 9.65. The Balaban J connectivity index is 1.11. The monoisotopic (exact) mass is 807 g/mol. The van der Waals surface area contributed by atoms with E-state index in [-0.39, 0.29) is 0 Å². The van der Waals surface area contributed by atoms with Gasteiger partial charge in [0.15, 0.2) is 0 Å². The zero-order valence-electron chi connectivity index (χ0n) is 33.2. The normalized spacial score (nSPS) is 12.2. The zero-order chi connectivity index (χ0) is 40.5. The summed E-state index contributed by atoms with van der Waals surface area (Å²) in [6.07, 6.45) is 0. The van der Waals surface area contributed by atoms with Crippen molar-refractivity contribution < 1.29 is 0 Å². The first-order valence-electron chi connectivity index (χ1n) is 21.0. The lowest BCUT2D eigenvalue weighted by atomic mass is 10.0. The molecule has 0 spiro atoms. The molecule has 0 atom stereocenters. The van der Waals surface area contributed by atoms with Gasteiger partial charge in [0.05, 0.1) is 44.3 Å². The predicted molar refractivity (Wildman–Crippen MR) is 261 cm³/mol. The van der Waals surface area contributed by atoms with E-state index >= 15 is 0 Å². The number of nitrogens with zero attached hydrogens (tertiary/aromatic N) is 5. The lowest BCUT2D eigenvalue weighted by molar-refractivity contribution is 1.02. The van der Waals surface area contributed by atoms with Gasteiger partial charge in [0, 0.05) is 74.8 Å². The summed E-state index contributed by atoms with van der Waals surface area (Å²) in [4.78, 5) is 11.1. The van der Waals surface area contributed by atoms with E-state index in [0.29, 0.717) is 5.95 Å². The van der Waals surface area contributed by atoms with Crippen molar-refractivity contribution in [1.82, 2.24) is 23.7 Å². The Hall–Kier alpha value is -8.06. The fourth-order valence-corrected chi connectivity index (χ4v) is 11.4. The molecule has 288 valence electrons. The van der Waals surface area contributed by atoms with Gasteiger partial charge in [0.1, 0.15) is 0 Å². The van der Waals surface area contributed by atoms with Crippen LogP contribution in [0, 0.1) is 0 Å². The van der Waals surface area contributed by atoms with E-state index in [1.54, 1.807) is 0 Å². The molecule has 0 fully saturated rings. The number of rotatable bonds is 4. The maximum Gasteiger partial charge on any atom is 0.235 e. The molecule has 0 radical (unpaired) electrons. The third-order valence-electron chi connectivity index (χ3n) is 12.8.